The highest BCUT2D eigenvalue weighted by Crippen LogP contribution is 2.33. The van der Waals surface area contributed by atoms with Gasteiger partial charge >= 0.3 is 0 Å². The Bertz CT molecular complexity index is 550. The van der Waals surface area contributed by atoms with Crippen molar-refractivity contribution in [2.24, 2.45) is 10.9 Å². The van der Waals surface area contributed by atoms with E-state index in [2.05, 4.69) is 67.6 Å². The van der Waals surface area contributed by atoms with Crippen LogP contribution in [0.25, 0.3) is 0 Å². The summed E-state index contributed by atoms with van der Waals surface area (Å²) < 4.78 is 6.12. The zero-order valence-corrected chi connectivity index (χ0v) is 19.7. The van der Waals surface area contributed by atoms with Gasteiger partial charge in [-0.15, -0.1) is 24.0 Å². The SMILES string of the molecule is CCNC(=NCC1CCCOC1c1ccc(C)cc1)NCCN(C)CC.I. The summed E-state index contributed by atoms with van der Waals surface area (Å²) in [6.45, 7) is 11.9. The number of nitrogens with one attached hydrogen (secondary N) is 2. The van der Waals surface area contributed by atoms with Crippen LogP contribution in [0.5, 0.6) is 0 Å². The second kappa shape index (κ2) is 13.3. The first-order valence-electron chi connectivity index (χ1n) is 10.0. The molecule has 27 heavy (non-hydrogen) atoms. The fraction of sp³-hybridized carbons (Fsp3) is 0.667. The molecule has 2 N–H and O–H groups in total. The summed E-state index contributed by atoms with van der Waals surface area (Å²) in [4.78, 5) is 7.14. The van der Waals surface area contributed by atoms with E-state index in [0.717, 1.165) is 51.7 Å². The van der Waals surface area contributed by atoms with Crippen LogP contribution in [-0.4, -0.2) is 57.2 Å². The molecule has 1 aliphatic heterocycles. The van der Waals surface area contributed by atoms with Crippen molar-refractivity contribution in [1.82, 2.24) is 15.5 Å². The minimum atomic E-state index is 0. The Kier molecular flexibility index (Phi) is 11.9. The highest BCUT2D eigenvalue weighted by atomic mass is 127. The molecule has 2 unspecified atom stereocenters. The predicted molar refractivity (Wildman–Crippen MR) is 125 cm³/mol. The monoisotopic (exact) mass is 488 g/mol. The molecule has 1 aromatic rings. The molecule has 5 nitrogen and oxygen atoms in total. The van der Waals surface area contributed by atoms with Crippen molar-refractivity contribution in [3.05, 3.63) is 35.4 Å². The number of likely N-dealkylation sites (N-methyl/N-ethyl adjacent to an activating group) is 1. The Morgan fingerprint density at radius 2 is 1.96 bits per heavy atom. The number of aryl methyl sites for hydroxylation is 1. The molecule has 0 saturated carbocycles. The molecule has 0 aromatic heterocycles. The zero-order chi connectivity index (χ0) is 18.8. The van der Waals surface area contributed by atoms with E-state index < -0.39 is 0 Å². The van der Waals surface area contributed by atoms with E-state index in [4.69, 9.17) is 9.73 Å². The first kappa shape index (κ1) is 24.2. The smallest absolute Gasteiger partial charge is 0.191 e. The molecule has 0 radical (unpaired) electrons. The van der Waals surface area contributed by atoms with Gasteiger partial charge in [0.2, 0.25) is 0 Å². The molecule has 0 amide bonds. The molecular formula is C21H37IN4O. The Hall–Kier alpha value is -0.860. The van der Waals surface area contributed by atoms with Crippen molar-refractivity contribution >= 4 is 29.9 Å². The van der Waals surface area contributed by atoms with Crippen LogP contribution in [0.3, 0.4) is 0 Å². The third kappa shape index (κ3) is 8.35. The van der Waals surface area contributed by atoms with Crippen molar-refractivity contribution in [2.45, 2.75) is 39.7 Å². The summed E-state index contributed by atoms with van der Waals surface area (Å²) in [6, 6.07) is 8.74. The lowest BCUT2D eigenvalue weighted by Crippen LogP contribution is -2.41. The normalized spacial score (nSPS) is 20.3. The maximum absolute atomic E-state index is 6.12. The molecule has 2 atom stereocenters. The van der Waals surface area contributed by atoms with Crippen LogP contribution < -0.4 is 10.6 Å². The van der Waals surface area contributed by atoms with Crippen LogP contribution in [0, 0.1) is 12.8 Å². The van der Waals surface area contributed by atoms with Crippen molar-refractivity contribution in [1.29, 1.82) is 0 Å². The Morgan fingerprint density at radius 3 is 2.63 bits per heavy atom. The molecule has 0 spiro atoms. The topological polar surface area (TPSA) is 48.9 Å². The largest absolute Gasteiger partial charge is 0.373 e. The Balaban J connectivity index is 0.00000364. The second-order valence-electron chi connectivity index (χ2n) is 7.15. The van der Waals surface area contributed by atoms with Crippen LogP contribution in [0.4, 0.5) is 0 Å². The molecule has 1 saturated heterocycles. The number of guanidine groups is 1. The van der Waals surface area contributed by atoms with Gasteiger partial charge in [-0.2, -0.15) is 0 Å². The van der Waals surface area contributed by atoms with Gasteiger partial charge in [0, 0.05) is 38.7 Å². The van der Waals surface area contributed by atoms with Crippen molar-refractivity contribution < 1.29 is 4.74 Å². The number of nitrogens with zero attached hydrogens (tertiary/aromatic N) is 2. The van der Waals surface area contributed by atoms with Gasteiger partial charge in [0.15, 0.2) is 5.96 Å². The molecule has 1 aromatic carbocycles. The van der Waals surface area contributed by atoms with Gasteiger partial charge in [-0.1, -0.05) is 36.8 Å². The summed E-state index contributed by atoms with van der Waals surface area (Å²) in [7, 11) is 2.14. The number of hydrogen-bond donors (Lipinski definition) is 2. The van der Waals surface area contributed by atoms with Gasteiger partial charge in [-0.3, -0.25) is 4.99 Å². The fourth-order valence-electron chi connectivity index (χ4n) is 3.23. The highest BCUT2D eigenvalue weighted by molar-refractivity contribution is 14.0. The fourth-order valence-corrected chi connectivity index (χ4v) is 3.23. The molecule has 1 fully saturated rings. The summed E-state index contributed by atoms with van der Waals surface area (Å²) in [5, 5.41) is 6.80. The number of ether oxygens (including phenoxy) is 1. The van der Waals surface area contributed by atoms with E-state index in [0.29, 0.717) is 5.92 Å². The molecule has 2 rings (SSSR count). The number of aliphatic imine (C=N–C) groups is 1. The lowest BCUT2D eigenvalue weighted by atomic mass is 9.89. The van der Waals surface area contributed by atoms with E-state index in [-0.39, 0.29) is 30.1 Å². The van der Waals surface area contributed by atoms with E-state index >= 15 is 0 Å². The molecule has 154 valence electrons. The third-order valence-electron chi connectivity index (χ3n) is 5.00. The molecule has 1 heterocycles. The summed E-state index contributed by atoms with van der Waals surface area (Å²) >= 11 is 0. The molecule has 0 aliphatic carbocycles. The van der Waals surface area contributed by atoms with E-state index in [1.807, 2.05) is 0 Å². The van der Waals surface area contributed by atoms with Crippen molar-refractivity contribution in [3.63, 3.8) is 0 Å². The van der Waals surface area contributed by atoms with E-state index in [9.17, 15) is 0 Å². The zero-order valence-electron chi connectivity index (χ0n) is 17.3. The first-order valence-corrected chi connectivity index (χ1v) is 10.0. The van der Waals surface area contributed by atoms with Crippen LogP contribution in [0.2, 0.25) is 0 Å². The van der Waals surface area contributed by atoms with Gasteiger partial charge in [-0.05, 0) is 45.8 Å². The lowest BCUT2D eigenvalue weighted by molar-refractivity contribution is -0.0250. The number of rotatable bonds is 8. The summed E-state index contributed by atoms with van der Waals surface area (Å²) in [5.74, 6) is 1.34. The Morgan fingerprint density at radius 1 is 1.22 bits per heavy atom. The van der Waals surface area contributed by atoms with E-state index in [1.165, 1.54) is 17.5 Å². The molecule has 6 heteroatoms. The maximum atomic E-state index is 6.12. The molecule has 1 aliphatic rings. The summed E-state index contributed by atoms with van der Waals surface area (Å²) in [5.41, 5.74) is 2.56. The maximum Gasteiger partial charge on any atom is 0.191 e. The highest BCUT2D eigenvalue weighted by Gasteiger charge is 2.27. The van der Waals surface area contributed by atoms with Gasteiger partial charge in [0.1, 0.15) is 0 Å². The van der Waals surface area contributed by atoms with Gasteiger partial charge < -0.3 is 20.3 Å². The number of hydrogen-bond acceptors (Lipinski definition) is 3. The third-order valence-corrected chi connectivity index (χ3v) is 5.00. The van der Waals surface area contributed by atoms with Crippen molar-refractivity contribution in [3.8, 4) is 0 Å². The second-order valence-corrected chi connectivity index (χ2v) is 7.15. The van der Waals surface area contributed by atoms with Crippen molar-refractivity contribution in [2.75, 3.05) is 46.4 Å². The van der Waals surface area contributed by atoms with Gasteiger partial charge in [0.05, 0.1) is 6.10 Å². The van der Waals surface area contributed by atoms with Crippen LogP contribution in [0.1, 0.15) is 43.9 Å². The summed E-state index contributed by atoms with van der Waals surface area (Å²) in [6.07, 6.45) is 2.44. The van der Waals surface area contributed by atoms with Gasteiger partial charge in [0.25, 0.3) is 0 Å². The van der Waals surface area contributed by atoms with Crippen LogP contribution in [0.15, 0.2) is 29.3 Å². The average molecular weight is 488 g/mol. The van der Waals surface area contributed by atoms with Crippen LogP contribution >= 0.6 is 24.0 Å². The van der Waals surface area contributed by atoms with Gasteiger partial charge in [-0.25, -0.2) is 0 Å². The average Bonchev–Trinajstić information content (AvgIpc) is 2.67. The first-order chi connectivity index (χ1) is 12.6. The lowest BCUT2D eigenvalue weighted by Gasteiger charge is -2.31. The molecular weight excluding hydrogens is 451 g/mol. The predicted octanol–water partition coefficient (Wildman–Crippen LogP) is 3.59. The quantitative estimate of drug-likeness (QED) is 0.334. The number of halogens is 1. The Labute approximate surface area is 182 Å². The van der Waals surface area contributed by atoms with Crippen LogP contribution in [-0.2, 0) is 4.74 Å². The standard InChI is InChI=1S/C21H36N4O.HI/c1-5-22-21(23-13-14-25(4)6-2)24-16-19-8-7-15-26-20(19)18-11-9-17(3)10-12-18;/h9-12,19-20H,5-8,13-16H2,1-4H3,(H2,22,23,24);1H. The number of benzene rings is 1. The molecule has 0 bridgehead atoms. The van der Waals surface area contributed by atoms with E-state index in [1.54, 1.807) is 0 Å². The minimum absolute atomic E-state index is 0. The minimum Gasteiger partial charge on any atom is -0.373 e.